The highest BCUT2D eigenvalue weighted by molar-refractivity contribution is 6.29. The van der Waals surface area contributed by atoms with Gasteiger partial charge in [0, 0.05) is 11.8 Å². The van der Waals surface area contributed by atoms with Gasteiger partial charge in [-0.2, -0.15) is 4.98 Å². The smallest absolute Gasteiger partial charge is 0.223 e. The lowest BCUT2D eigenvalue weighted by Gasteiger charge is -2.04. The minimum atomic E-state index is 0.145. The molecule has 4 nitrogen and oxygen atoms in total. The van der Waals surface area contributed by atoms with E-state index in [0.29, 0.717) is 11.0 Å². The van der Waals surface area contributed by atoms with Crippen LogP contribution >= 0.6 is 11.6 Å². The van der Waals surface area contributed by atoms with Crippen LogP contribution in [0.1, 0.15) is 6.92 Å². The number of halogens is 1. The average molecular weight is 185 g/mol. The van der Waals surface area contributed by atoms with Crippen LogP contribution in [-0.4, -0.2) is 9.97 Å². The Labute approximate surface area is 75.5 Å². The number of hydrogen-bond acceptors (Lipinski definition) is 4. The molecule has 1 heterocycles. The van der Waals surface area contributed by atoms with Gasteiger partial charge in [0.2, 0.25) is 5.95 Å². The van der Waals surface area contributed by atoms with Gasteiger partial charge >= 0.3 is 0 Å². The standard InChI is InChI=1S/C7H9ClN4/c1-4(2)10-6-3-5(8)11-7(9)12-6/h3H,1H2,2H3,(H3,9,10,11,12). The average Bonchev–Trinajstić information content (AvgIpc) is 1.81. The molecule has 0 aliphatic rings. The summed E-state index contributed by atoms with van der Waals surface area (Å²) in [6, 6.07) is 1.58. The monoisotopic (exact) mass is 184 g/mol. The van der Waals surface area contributed by atoms with E-state index in [4.69, 9.17) is 17.3 Å². The maximum absolute atomic E-state index is 5.63. The molecule has 0 aromatic carbocycles. The summed E-state index contributed by atoms with van der Waals surface area (Å²) >= 11 is 5.63. The third kappa shape index (κ3) is 2.39. The number of hydrogen-bond donors (Lipinski definition) is 2. The van der Waals surface area contributed by atoms with Crippen LogP contribution in [0.4, 0.5) is 11.8 Å². The molecule has 0 bridgehead atoms. The van der Waals surface area contributed by atoms with Crippen molar-refractivity contribution in [2.45, 2.75) is 6.92 Å². The molecule has 1 aromatic heterocycles. The van der Waals surface area contributed by atoms with E-state index < -0.39 is 0 Å². The van der Waals surface area contributed by atoms with Crippen molar-refractivity contribution in [2.24, 2.45) is 0 Å². The van der Waals surface area contributed by atoms with Crippen LogP contribution in [0, 0.1) is 0 Å². The van der Waals surface area contributed by atoms with Crippen LogP contribution < -0.4 is 11.1 Å². The lowest BCUT2D eigenvalue weighted by atomic mass is 10.5. The van der Waals surface area contributed by atoms with Crippen molar-refractivity contribution in [3.63, 3.8) is 0 Å². The Bertz CT molecular complexity index is 290. The molecule has 1 aromatic rings. The van der Waals surface area contributed by atoms with E-state index in [-0.39, 0.29) is 5.95 Å². The van der Waals surface area contributed by atoms with E-state index in [1.807, 2.05) is 6.92 Å². The minimum Gasteiger partial charge on any atom is -0.368 e. The minimum absolute atomic E-state index is 0.145. The molecule has 0 spiro atoms. The Morgan fingerprint density at radius 3 is 2.83 bits per heavy atom. The SMILES string of the molecule is C=C(C)Nc1cc(Cl)nc(N)n1. The molecular weight excluding hydrogens is 176 g/mol. The molecule has 0 amide bonds. The number of anilines is 2. The summed E-state index contributed by atoms with van der Waals surface area (Å²) in [5.74, 6) is 0.700. The normalized spacial score (nSPS) is 9.50. The summed E-state index contributed by atoms with van der Waals surface area (Å²) in [6.45, 7) is 5.47. The molecule has 0 radical (unpaired) electrons. The third-order valence-electron chi connectivity index (χ3n) is 1.05. The van der Waals surface area contributed by atoms with Gasteiger partial charge in [-0.15, -0.1) is 0 Å². The highest BCUT2D eigenvalue weighted by Gasteiger charge is 1.98. The summed E-state index contributed by atoms with van der Waals surface area (Å²) in [5, 5.41) is 3.19. The lowest BCUT2D eigenvalue weighted by molar-refractivity contribution is 1.17. The van der Waals surface area contributed by atoms with Crippen molar-refractivity contribution >= 4 is 23.4 Å². The van der Waals surface area contributed by atoms with Crippen molar-refractivity contribution in [1.82, 2.24) is 9.97 Å². The number of nitrogen functional groups attached to an aromatic ring is 1. The van der Waals surface area contributed by atoms with Crippen molar-refractivity contribution in [1.29, 1.82) is 0 Å². The maximum atomic E-state index is 5.63. The van der Waals surface area contributed by atoms with Gasteiger partial charge in [0.05, 0.1) is 0 Å². The van der Waals surface area contributed by atoms with Gasteiger partial charge in [-0.3, -0.25) is 0 Å². The van der Waals surface area contributed by atoms with E-state index >= 15 is 0 Å². The van der Waals surface area contributed by atoms with E-state index in [0.717, 1.165) is 5.70 Å². The van der Waals surface area contributed by atoms with Crippen molar-refractivity contribution < 1.29 is 0 Å². The highest BCUT2D eigenvalue weighted by atomic mass is 35.5. The topological polar surface area (TPSA) is 63.8 Å². The molecule has 64 valence electrons. The number of aromatic nitrogens is 2. The van der Waals surface area contributed by atoms with Crippen molar-refractivity contribution in [3.8, 4) is 0 Å². The number of rotatable bonds is 2. The number of nitrogens with one attached hydrogen (secondary N) is 1. The second-order valence-electron chi connectivity index (χ2n) is 2.34. The summed E-state index contributed by atoms with van der Waals surface area (Å²) < 4.78 is 0. The molecule has 0 saturated carbocycles. The highest BCUT2D eigenvalue weighted by Crippen LogP contribution is 2.13. The van der Waals surface area contributed by atoms with E-state index in [1.54, 1.807) is 6.07 Å². The Morgan fingerprint density at radius 2 is 2.33 bits per heavy atom. The van der Waals surface area contributed by atoms with E-state index in [1.165, 1.54) is 0 Å². The molecule has 0 atom stereocenters. The van der Waals surface area contributed by atoms with Gasteiger partial charge in [0.15, 0.2) is 0 Å². The molecule has 1 rings (SSSR count). The van der Waals surface area contributed by atoms with Crippen LogP contribution in [-0.2, 0) is 0 Å². The fraction of sp³-hybridized carbons (Fsp3) is 0.143. The fourth-order valence-corrected chi connectivity index (χ4v) is 0.908. The zero-order valence-electron chi connectivity index (χ0n) is 6.63. The van der Waals surface area contributed by atoms with Crippen LogP contribution in [0.25, 0.3) is 0 Å². The fourth-order valence-electron chi connectivity index (χ4n) is 0.718. The lowest BCUT2D eigenvalue weighted by Crippen LogP contribution is -2.01. The molecule has 12 heavy (non-hydrogen) atoms. The quantitative estimate of drug-likeness (QED) is 0.687. The van der Waals surface area contributed by atoms with Crippen LogP contribution in [0.15, 0.2) is 18.3 Å². The van der Waals surface area contributed by atoms with Gasteiger partial charge < -0.3 is 11.1 Å². The largest absolute Gasteiger partial charge is 0.368 e. The van der Waals surface area contributed by atoms with Gasteiger partial charge in [-0.1, -0.05) is 18.2 Å². The Balaban J connectivity index is 2.93. The predicted molar refractivity (Wildman–Crippen MR) is 49.9 cm³/mol. The predicted octanol–water partition coefficient (Wildman–Crippen LogP) is 1.66. The third-order valence-corrected chi connectivity index (χ3v) is 1.25. The van der Waals surface area contributed by atoms with Gasteiger partial charge in [0.1, 0.15) is 11.0 Å². The number of nitrogens with zero attached hydrogens (tertiary/aromatic N) is 2. The Hall–Kier alpha value is -1.29. The first-order valence-corrected chi connectivity index (χ1v) is 3.68. The first-order valence-electron chi connectivity index (χ1n) is 3.30. The first-order chi connectivity index (χ1) is 5.58. The first kappa shape index (κ1) is 8.80. The molecule has 0 fully saturated rings. The summed E-state index contributed by atoms with van der Waals surface area (Å²) in [7, 11) is 0. The molecule has 0 saturated heterocycles. The van der Waals surface area contributed by atoms with Crippen LogP contribution in [0.3, 0.4) is 0 Å². The maximum Gasteiger partial charge on any atom is 0.223 e. The number of nitrogens with two attached hydrogens (primary N) is 1. The summed E-state index contributed by atoms with van der Waals surface area (Å²) in [5.41, 5.74) is 6.13. The Kier molecular flexibility index (Phi) is 2.50. The molecule has 5 heteroatoms. The Morgan fingerprint density at radius 1 is 1.67 bits per heavy atom. The van der Waals surface area contributed by atoms with Crippen LogP contribution in [0.2, 0.25) is 5.15 Å². The van der Waals surface area contributed by atoms with Gasteiger partial charge in [-0.05, 0) is 6.92 Å². The molecule has 3 N–H and O–H groups in total. The van der Waals surface area contributed by atoms with Crippen LogP contribution in [0.5, 0.6) is 0 Å². The van der Waals surface area contributed by atoms with Crippen molar-refractivity contribution in [2.75, 3.05) is 11.1 Å². The molecular formula is C7H9ClN4. The summed E-state index contributed by atoms with van der Waals surface area (Å²) in [4.78, 5) is 7.59. The molecule has 0 aliphatic heterocycles. The second kappa shape index (κ2) is 3.40. The summed E-state index contributed by atoms with van der Waals surface area (Å²) in [6.07, 6.45) is 0. The van der Waals surface area contributed by atoms with Gasteiger partial charge in [-0.25, -0.2) is 4.98 Å². The van der Waals surface area contributed by atoms with E-state index in [9.17, 15) is 0 Å². The zero-order valence-corrected chi connectivity index (χ0v) is 7.39. The van der Waals surface area contributed by atoms with Crippen molar-refractivity contribution in [3.05, 3.63) is 23.5 Å². The van der Waals surface area contributed by atoms with Gasteiger partial charge in [0.25, 0.3) is 0 Å². The van der Waals surface area contributed by atoms with E-state index in [2.05, 4.69) is 21.9 Å². The number of allylic oxidation sites excluding steroid dienone is 1. The second-order valence-corrected chi connectivity index (χ2v) is 2.73. The molecule has 0 aliphatic carbocycles. The zero-order chi connectivity index (χ0) is 9.14. The molecule has 0 unspecified atom stereocenters.